The Kier molecular flexibility index (Phi) is 5.03. The first-order valence-corrected chi connectivity index (χ1v) is 8.20. The molecule has 0 aromatic heterocycles. The topological polar surface area (TPSA) is 33.5 Å². The molecule has 0 radical (unpaired) electrons. The van der Waals surface area contributed by atoms with E-state index >= 15 is 0 Å². The van der Waals surface area contributed by atoms with Crippen molar-refractivity contribution in [2.75, 3.05) is 18.4 Å². The predicted molar refractivity (Wildman–Crippen MR) is 88.8 cm³/mol. The van der Waals surface area contributed by atoms with E-state index in [2.05, 4.69) is 5.32 Å². The molecule has 1 saturated heterocycles. The van der Waals surface area contributed by atoms with Crippen LogP contribution in [0.3, 0.4) is 0 Å². The number of hydrogen-bond acceptors (Lipinski definition) is 1. The molecule has 0 aliphatic carbocycles. The van der Waals surface area contributed by atoms with Crippen molar-refractivity contribution in [3.63, 3.8) is 0 Å². The summed E-state index contributed by atoms with van der Waals surface area (Å²) in [5.74, 6) is -0.330. The molecule has 2 aromatic rings. The van der Waals surface area contributed by atoms with Crippen LogP contribution >= 0.6 is 0 Å². The summed E-state index contributed by atoms with van der Waals surface area (Å²) in [6, 6.07) is 15.6. The molecule has 3 nitrogen and oxygen atoms in total. The van der Waals surface area contributed by atoms with Crippen molar-refractivity contribution in [2.45, 2.75) is 25.3 Å². The van der Waals surface area contributed by atoms with E-state index in [0.29, 0.717) is 5.69 Å². The summed E-state index contributed by atoms with van der Waals surface area (Å²) >= 11 is 0. The lowest BCUT2D eigenvalue weighted by molar-refractivity contribution is -0.926. The molecule has 120 valence electrons. The number of anilines is 1. The minimum Gasteiger partial charge on any atom is -0.321 e. The fourth-order valence-corrected chi connectivity index (χ4v) is 3.26. The van der Waals surface area contributed by atoms with Gasteiger partial charge in [-0.05, 0) is 43.5 Å². The molecule has 1 fully saturated rings. The van der Waals surface area contributed by atoms with Crippen LogP contribution in [0.2, 0.25) is 0 Å². The second kappa shape index (κ2) is 7.38. The van der Waals surface area contributed by atoms with E-state index in [4.69, 9.17) is 0 Å². The van der Waals surface area contributed by atoms with Gasteiger partial charge in [0.05, 0.1) is 13.1 Å². The van der Waals surface area contributed by atoms with Gasteiger partial charge < -0.3 is 10.2 Å². The number of likely N-dealkylation sites (tertiary alicyclic amines) is 1. The highest BCUT2D eigenvalue weighted by Gasteiger charge is 2.32. The molecule has 4 heteroatoms. The maximum atomic E-state index is 13.0. The summed E-state index contributed by atoms with van der Waals surface area (Å²) in [6.07, 6.45) is 3.55. The van der Waals surface area contributed by atoms with E-state index in [1.54, 1.807) is 12.1 Å². The summed E-state index contributed by atoms with van der Waals surface area (Å²) in [7, 11) is 0. The van der Waals surface area contributed by atoms with Crippen LogP contribution in [0.4, 0.5) is 10.1 Å². The maximum Gasteiger partial charge on any atom is 0.287 e. The molecule has 1 aliphatic rings. The van der Waals surface area contributed by atoms with Crippen LogP contribution in [0.1, 0.15) is 30.9 Å². The molecule has 2 aromatic carbocycles. The summed E-state index contributed by atoms with van der Waals surface area (Å²) < 4.78 is 13.0. The molecule has 1 aliphatic heterocycles. The molecule has 0 unspecified atom stereocenters. The summed E-state index contributed by atoms with van der Waals surface area (Å²) in [5.41, 5.74) is 1.66. The Balaban J connectivity index is 1.82. The minimum atomic E-state index is -0.302. The van der Waals surface area contributed by atoms with Crippen molar-refractivity contribution in [3.05, 3.63) is 66.0 Å². The van der Waals surface area contributed by atoms with Gasteiger partial charge in [-0.25, -0.2) is 4.39 Å². The van der Waals surface area contributed by atoms with Crippen molar-refractivity contribution >= 4 is 11.6 Å². The van der Waals surface area contributed by atoms with Crippen molar-refractivity contribution in [1.29, 1.82) is 0 Å². The largest absolute Gasteiger partial charge is 0.321 e. The lowest BCUT2D eigenvalue weighted by Crippen LogP contribution is -3.14. The molecular formula is C19H22FN2O+. The molecule has 0 saturated carbocycles. The van der Waals surface area contributed by atoms with Crippen molar-refractivity contribution < 1.29 is 14.1 Å². The third-order valence-corrected chi connectivity index (χ3v) is 4.41. The van der Waals surface area contributed by atoms with Crippen LogP contribution in [0, 0.1) is 5.82 Å². The highest BCUT2D eigenvalue weighted by atomic mass is 19.1. The molecule has 1 heterocycles. The molecule has 23 heavy (non-hydrogen) atoms. The second-order valence-corrected chi connectivity index (χ2v) is 6.06. The Labute approximate surface area is 136 Å². The van der Waals surface area contributed by atoms with E-state index in [9.17, 15) is 9.18 Å². The number of carbonyl (C=O) groups is 1. The van der Waals surface area contributed by atoms with Gasteiger partial charge in [0.25, 0.3) is 5.91 Å². The van der Waals surface area contributed by atoms with Crippen molar-refractivity contribution in [3.8, 4) is 0 Å². The average Bonchev–Trinajstić information content (AvgIpc) is 2.59. The van der Waals surface area contributed by atoms with E-state index in [-0.39, 0.29) is 17.8 Å². The third-order valence-electron chi connectivity index (χ3n) is 4.41. The first-order chi connectivity index (χ1) is 11.2. The Hall–Kier alpha value is -2.20. The Bertz CT molecular complexity index is 636. The smallest absolute Gasteiger partial charge is 0.287 e. The molecule has 2 N–H and O–H groups in total. The van der Waals surface area contributed by atoms with Crippen LogP contribution in [0.25, 0.3) is 0 Å². The number of amides is 1. The predicted octanol–water partition coefficient (Wildman–Crippen LogP) is 2.57. The van der Waals surface area contributed by atoms with Gasteiger partial charge in [-0.1, -0.05) is 30.3 Å². The zero-order chi connectivity index (χ0) is 16.1. The highest BCUT2D eigenvalue weighted by molar-refractivity contribution is 5.94. The first kappa shape index (κ1) is 15.7. The Morgan fingerprint density at radius 1 is 0.957 bits per heavy atom. The number of rotatable bonds is 4. The SMILES string of the molecule is O=C(Nc1ccc(F)cc1)[C@H](c1ccccc1)[NH+]1CCCCC1. The molecule has 3 rings (SSSR count). The van der Waals surface area contributed by atoms with Crippen molar-refractivity contribution in [1.82, 2.24) is 0 Å². The molecule has 0 bridgehead atoms. The van der Waals surface area contributed by atoms with Gasteiger partial charge in [-0.15, -0.1) is 0 Å². The zero-order valence-corrected chi connectivity index (χ0v) is 13.1. The Morgan fingerprint density at radius 3 is 2.26 bits per heavy atom. The second-order valence-electron chi connectivity index (χ2n) is 6.06. The number of piperidine rings is 1. The highest BCUT2D eigenvalue weighted by Crippen LogP contribution is 2.15. The standard InChI is InChI=1S/C19H21FN2O/c20-16-9-11-17(12-10-16)21-19(23)18(15-7-3-1-4-8-15)22-13-5-2-6-14-22/h1,3-4,7-12,18H,2,5-6,13-14H2,(H,21,23)/p+1/t18-/m0/s1. The molecular weight excluding hydrogens is 291 g/mol. The number of quaternary nitrogens is 1. The number of benzene rings is 2. The zero-order valence-electron chi connectivity index (χ0n) is 13.1. The molecule has 1 amide bonds. The van der Waals surface area contributed by atoms with E-state index in [1.165, 1.54) is 23.5 Å². The fourth-order valence-electron chi connectivity index (χ4n) is 3.26. The first-order valence-electron chi connectivity index (χ1n) is 8.20. The number of carbonyl (C=O) groups excluding carboxylic acids is 1. The van der Waals surface area contributed by atoms with E-state index in [1.807, 2.05) is 30.3 Å². The minimum absolute atomic E-state index is 0.0280. The Morgan fingerprint density at radius 2 is 1.61 bits per heavy atom. The fraction of sp³-hybridized carbons (Fsp3) is 0.316. The summed E-state index contributed by atoms with van der Waals surface area (Å²) in [5, 5.41) is 2.94. The lowest BCUT2D eigenvalue weighted by atomic mass is 10.0. The summed E-state index contributed by atoms with van der Waals surface area (Å²) in [6.45, 7) is 2.02. The number of nitrogens with one attached hydrogen (secondary N) is 2. The van der Waals surface area contributed by atoms with Crippen LogP contribution < -0.4 is 10.2 Å². The van der Waals surface area contributed by atoms with Gasteiger partial charge in [-0.2, -0.15) is 0 Å². The summed E-state index contributed by atoms with van der Waals surface area (Å²) in [4.78, 5) is 14.2. The van der Waals surface area contributed by atoms with E-state index < -0.39 is 0 Å². The van der Waals surface area contributed by atoms with Crippen LogP contribution in [0.5, 0.6) is 0 Å². The average molecular weight is 313 g/mol. The third kappa shape index (κ3) is 3.96. The van der Waals surface area contributed by atoms with Crippen LogP contribution in [0.15, 0.2) is 54.6 Å². The lowest BCUT2D eigenvalue weighted by Gasteiger charge is -2.30. The van der Waals surface area contributed by atoms with Gasteiger partial charge in [0.2, 0.25) is 0 Å². The quantitative estimate of drug-likeness (QED) is 0.894. The molecule has 0 spiro atoms. The number of hydrogen-bond donors (Lipinski definition) is 2. The van der Waals surface area contributed by atoms with Crippen LogP contribution in [-0.4, -0.2) is 19.0 Å². The van der Waals surface area contributed by atoms with Gasteiger partial charge >= 0.3 is 0 Å². The normalized spacial score (nSPS) is 16.7. The van der Waals surface area contributed by atoms with Crippen LogP contribution in [-0.2, 0) is 4.79 Å². The van der Waals surface area contributed by atoms with Gasteiger partial charge in [0, 0.05) is 11.3 Å². The molecule has 1 atom stereocenters. The monoisotopic (exact) mass is 313 g/mol. The van der Waals surface area contributed by atoms with E-state index in [0.717, 1.165) is 31.5 Å². The van der Waals surface area contributed by atoms with Crippen molar-refractivity contribution in [2.24, 2.45) is 0 Å². The van der Waals surface area contributed by atoms with Gasteiger partial charge in [-0.3, -0.25) is 4.79 Å². The van der Waals surface area contributed by atoms with Gasteiger partial charge in [0.15, 0.2) is 6.04 Å². The maximum absolute atomic E-state index is 13.0. The van der Waals surface area contributed by atoms with Gasteiger partial charge in [0.1, 0.15) is 5.82 Å². The number of halogens is 1.